The molecule has 0 saturated carbocycles. The smallest absolute Gasteiger partial charge is 0.290 e. The van der Waals surface area contributed by atoms with Crippen molar-refractivity contribution in [2.24, 2.45) is 0 Å². The molecule has 3 aromatic carbocycles. The first-order chi connectivity index (χ1) is 18.9. The Labute approximate surface area is 236 Å². The van der Waals surface area contributed by atoms with Gasteiger partial charge in [-0.05, 0) is 74.5 Å². The highest BCUT2D eigenvalue weighted by Gasteiger charge is 2.34. The van der Waals surface area contributed by atoms with Crippen molar-refractivity contribution in [3.8, 4) is 17.2 Å². The number of ether oxygens (including phenoxy) is 2. The SMILES string of the molecule is COc1ccc(Oc2ccc(N(NS(=O)(=O)c3ccc(C)cc3)S(=O)(=O)c3sc(NC(C)=O)nc3C)cc2)cc1. The maximum Gasteiger partial charge on any atom is 0.290 e. The van der Waals surface area contributed by atoms with Crippen molar-refractivity contribution in [3.05, 3.63) is 84.1 Å². The van der Waals surface area contributed by atoms with Crippen molar-refractivity contribution in [1.82, 2.24) is 9.82 Å². The highest BCUT2D eigenvalue weighted by Crippen LogP contribution is 2.33. The van der Waals surface area contributed by atoms with Gasteiger partial charge in [-0.3, -0.25) is 4.79 Å². The third-order valence-electron chi connectivity index (χ3n) is 5.41. The lowest BCUT2D eigenvalue weighted by Crippen LogP contribution is -2.46. The zero-order valence-corrected chi connectivity index (χ0v) is 24.4. The average molecular weight is 603 g/mol. The first-order valence-corrected chi connectivity index (χ1v) is 15.4. The van der Waals surface area contributed by atoms with Gasteiger partial charge in [-0.15, -0.1) is 4.83 Å². The number of aryl methyl sites for hydroxylation is 2. The predicted octanol–water partition coefficient (Wildman–Crippen LogP) is 4.61. The Morgan fingerprint density at radius 2 is 1.40 bits per heavy atom. The van der Waals surface area contributed by atoms with Gasteiger partial charge in [-0.1, -0.05) is 29.0 Å². The summed E-state index contributed by atoms with van der Waals surface area (Å²) in [6.45, 7) is 4.52. The van der Waals surface area contributed by atoms with Gasteiger partial charge in [-0.25, -0.2) is 13.4 Å². The lowest BCUT2D eigenvalue weighted by Gasteiger charge is -2.24. The van der Waals surface area contributed by atoms with Gasteiger partial charge in [0.15, 0.2) is 9.34 Å². The molecule has 1 amide bonds. The van der Waals surface area contributed by atoms with E-state index in [-0.39, 0.29) is 25.6 Å². The number of sulfonamides is 2. The summed E-state index contributed by atoms with van der Waals surface area (Å²) >= 11 is 0.707. The average Bonchev–Trinajstić information content (AvgIpc) is 3.28. The highest BCUT2D eigenvalue weighted by atomic mass is 32.2. The summed E-state index contributed by atoms with van der Waals surface area (Å²) in [6.07, 6.45) is 0. The Kier molecular flexibility index (Phi) is 8.44. The lowest BCUT2D eigenvalue weighted by molar-refractivity contribution is -0.114. The summed E-state index contributed by atoms with van der Waals surface area (Å²) < 4.78 is 65.6. The quantitative estimate of drug-likeness (QED) is 0.251. The zero-order chi connectivity index (χ0) is 29.1. The molecule has 0 spiro atoms. The van der Waals surface area contributed by atoms with Gasteiger partial charge < -0.3 is 14.8 Å². The summed E-state index contributed by atoms with van der Waals surface area (Å²) in [7, 11) is -7.32. The molecule has 1 heterocycles. The van der Waals surface area contributed by atoms with Gasteiger partial charge in [0.2, 0.25) is 5.91 Å². The van der Waals surface area contributed by atoms with Crippen molar-refractivity contribution in [2.75, 3.05) is 16.8 Å². The minimum absolute atomic E-state index is 0.00774. The first-order valence-electron chi connectivity index (χ1n) is 11.7. The molecule has 1 aromatic heterocycles. The van der Waals surface area contributed by atoms with Crippen LogP contribution in [0.15, 0.2) is 81.9 Å². The first kappa shape index (κ1) is 29.0. The molecule has 4 aromatic rings. The number of rotatable bonds is 10. The summed E-state index contributed by atoms with van der Waals surface area (Å²) in [6, 6.07) is 18.6. The second-order valence-corrected chi connectivity index (χ2v) is 13.2. The number of hydrogen-bond donors (Lipinski definition) is 2. The lowest BCUT2D eigenvalue weighted by atomic mass is 10.2. The van der Waals surface area contributed by atoms with Crippen LogP contribution in [-0.2, 0) is 24.8 Å². The molecular weight excluding hydrogens is 577 g/mol. The number of hydrazine groups is 1. The second-order valence-electron chi connectivity index (χ2n) is 8.52. The number of benzene rings is 3. The minimum Gasteiger partial charge on any atom is -0.497 e. The molecule has 0 radical (unpaired) electrons. The number of aromatic nitrogens is 1. The fourth-order valence-corrected chi connectivity index (χ4v) is 7.68. The van der Waals surface area contributed by atoms with Gasteiger partial charge in [0.05, 0.1) is 23.4 Å². The second kappa shape index (κ2) is 11.6. The van der Waals surface area contributed by atoms with Crippen molar-refractivity contribution in [3.63, 3.8) is 0 Å². The van der Waals surface area contributed by atoms with E-state index >= 15 is 0 Å². The van der Waals surface area contributed by atoms with E-state index in [4.69, 9.17) is 9.47 Å². The molecule has 210 valence electrons. The molecule has 11 nitrogen and oxygen atoms in total. The maximum atomic E-state index is 13.9. The number of nitrogens with zero attached hydrogens (tertiary/aromatic N) is 2. The van der Waals surface area contributed by atoms with Crippen LogP contribution in [0.2, 0.25) is 0 Å². The van der Waals surface area contributed by atoms with Crippen LogP contribution >= 0.6 is 11.3 Å². The Morgan fingerprint density at radius 3 is 1.95 bits per heavy atom. The van der Waals surface area contributed by atoms with Gasteiger partial charge >= 0.3 is 0 Å². The minimum atomic E-state index is -4.54. The summed E-state index contributed by atoms with van der Waals surface area (Å²) in [5, 5.41) is 2.52. The van der Waals surface area contributed by atoms with Gasteiger partial charge in [-0.2, -0.15) is 12.8 Å². The number of nitrogens with one attached hydrogen (secondary N) is 2. The van der Waals surface area contributed by atoms with E-state index in [9.17, 15) is 21.6 Å². The van der Waals surface area contributed by atoms with Gasteiger partial charge in [0, 0.05) is 6.92 Å². The number of methoxy groups -OCH3 is 1. The third kappa shape index (κ3) is 6.59. The summed E-state index contributed by atoms with van der Waals surface area (Å²) in [4.78, 5) is 17.7. The number of thiazole rings is 1. The molecule has 0 bridgehead atoms. The van der Waals surface area contributed by atoms with Crippen LogP contribution in [-0.4, -0.2) is 34.8 Å². The number of carbonyl (C=O) groups excluding carboxylic acids is 1. The highest BCUT2D eigenvalue weighted by molar-refractivity contribution is 7.96. The Morgan fingerprint density at radius 1 is 0.850 bits per heavy atom. The van der Waals surface area contributed by atoms with E-state index in [2.05, 4.69) is 15.1 Å². The van der Waals surface area contributed by atoms with E-state index in [0.29, 0.717) is 33.0 Å². The summed E-state index contributed by atoms with van der Waals surface area (Å²) in [5.74, 6) is 1.13. The summed E-state index contributed by atoms with van der Waals surface area (Å²) in [5.41, 5.74) is 0.918. The van der Waals surface area contributed by atoms with Crippen LogP contribution in [0, 0.1) is 13.8 Å². The molecule has 0 aliphatic carbocycles. The molecule has 2 N–H and O–H groups in total. The van der Waals surface area contributed by atoms with Crippen LogP contribution in [0.25, 0.3) is 0 Å². The molecule has 0 aliphatic rings. The zero-order valence-electron chi connectivity index (χ0n) is 21.9. The third-order valence-corrected chi connectivity index (χ3v) is 10.1. The number of carbonyl (C=O) groups is 1. The number of hydrogen-bond acceptors (Lipinski definition) is 9. The van der Waals surface area contributed by atoms with Crippen LogP contribution in [0.3, 0.4) is 0 Å². The molecule has 0 unspecified atom stereocenters. The van der Waals surface area contributed by atoms with Crippen LogP contribution in [0.5, 0.6) is 17.2 Å². The van der Waals surface area contributed by atoms with E-state index in [0.717, 1.165) is 5.56 Å². The normalized spacial score (nSPS) is 11.6. The van der Waals surface area contributed by atoms with E-state index < -0.39 is 26.0 Å². The standard InChI is InChI=1S/C26H26N4O7S3/c1-17-5-15-24(16-6-17)39(32,33)29-30(40(34,35)25-18(2)27-26(38-25)28-19(3)31)20-7-9-22(10-8-20)37-23-13-11-21(36-4)12-14-23/h5-16,29H,1-4H3,(H,27,28,31). The molecule has 0 aliphatic heterocycles. The monoisotopic (exact) mass is 602 g/mol. The fourth-order valence-electron chi connectivity index (χ4n) is 3.46. The largest absolute Gasteiger partial charge is 0.497 e. The molecular formula is C26H26N4O7S3. The van der Waals surface area contributed by atoms with E-state index in [1.54, 1.807) is 50.4 Å². The van der Waals surface area contributed by atoms with E-state index in [1.807, 2.05) is 0 Å². The molecule has 4 rings (SSSR count). The van der Waals surface area contributed by atoms with Crippen molar-refractivity contribution in [1.29, 1.82) is 0 Å². The fraction of sp³-hybridized carbons (Fsp3) is 0.154. The van der Waals surface area contributed by atoms with E-state index in [1.165, 1.54) is 50.2 Å². The van der Waals surface area contributed by atoms with Crippen LogP contribution in [0.4, 0.5) is 10.8 Å². The Bertz CT molecular complexity index is 1720. The van der Waals surface area contributed by atoms with Gasteiger partial charge in [0.1, 0.15) is 17.2 Å². The van der Waals surface area contributed by atoms with Crippen molar-refractivity contribution in [2.45, 2.75) is 29.9 Å². The predicted molar refractivity (Wildman–Crippen MR) is 152 cm³/mol. The Hall–Kier alpha value is -3.98. The molecule has 0 saturated heterocycles. The van der Waals surface area contributed by atoms with Crippen LogP contribution in [0.1, 0.15) is 18.2 Å². The molecule has 40 heavy (non-hydrogen) atoms. The molecule has 0 atom stereocenters. The maximum absolute atomic E-state index is 13.9. The van der Waals surface area contributed by atoms with Gasteiger partial charge in [0.25, 0.3) is 20.0 Å². The topological polar surface area (TPSA) is 144 Å². The Balaban J connectivity index is 1.72. The van der Waals surface area contributed by atoms with Crippen molar-refractivity contribution < 1.29 is 31.1 Å². The van der Waals surface area contributed by atoms with Crippen LogP contribution < -0.4 is 24.0 Å². The number of amides is 1. The molecule has 0 fully saturated rings. The molecule has 14 heteroatoms. The van der Waals surface area contributed by atoms with Crippen molar-refractivity contribution >= 4 is 48.1 Å². The number of anilines is 2.